The summed E-state index contributed by atoms with van der Waals surface area (Å²) in [5, 5.41) is 3.06. The molecule has 0 aliphatic heterocycles. The highest BCUT2D eigenvalue weighted by atomic mass is 19.1. The van der Waals surface area contributed by atoms with Crippen LogP contribution in [0.5, 0.6) is 0 Å². The average molecular weight is 245 g/mol. The van der Waals surface area contributed by atoms with Crippen LogP contribution < -0.4 is 5.32 Å². The second-order valence-electron chi connectivity index (χ2n) is 4.25. The van der Waals surface area contributed by atoms with E-state index in [-0.39, 0.29) is 5.82 Å². The minimum Gasteiger partial charge on any atom is -0.314 e. The SMILES string of the molecule is CNCc1cc(C)nc(Cc2cccc(F)c2)n1. The normalized spacial score (nSPS) is 10.6. The monoisotopic (exact) mass is 245 g/mol. The summed E-state index contributed by atoms with van der Waals surface area (Å²) in [5.74, 6) is 0.501. The van der Waals surface area contributed by atoms with Crippen molar-refractivity contribution in [3.05, 3.63) is 58.9 Å². The summed E-state index contributed by atoms with van der Waals surface area (Å²) >= 11 is 0. The van der Waals surface area contributed by atoms with Gasteiger partial charge in [0.25, 0.3) is 0 Å². The molecule has 4 heteroatoms. The van der Waals surface area contributed by atoms with Crippen LogP contribution >= 0.6 is 0 Å². The van der Waals surface area contributed by atoms with Crippen LogP contribution in [-0.4, -0.2) is 17.0 Å². The molecule has 0 aliphatic rings. The van der Waals surface area contributed by atoms with E-state index in [9.17, 15) is 4.39 Å². The molecule has 0 saturated carbocycles. The Balaban J connectivity index is 2.23. The third-order valence-electron chi connectivity index (χ3n) is 2.56. The van der Waals surface area contributed by atoms with Gasteiger partial charge in [-0.3, -0.25) is 0 Å². The van der Waals surface area contributed by atoms with Crippen molar-refractivity contribution in [1.82, 2.24) is 15.3 Å². The van der Waals surface area contributed by atoms with Crippen LogP contribution in [0.4, 0.5) is 4.39 Å². The lowest BCUT2D eigenvalue weighted by Gasteiger charge is -2.06. The summed E-state index contributed by atoms with van der Waals surface area (Å²) < 4.78 is 13.1. The maximum absolute atomic E-state index is 13.1. The van der Waals surface area contributed by atoms with Crippen LogP contribution in [0, 0.1) is 12.7 Å². The van der Waals surface area contributed by atoms with Crippen molar-refractivity contribution in [2.75, 3.05) is 7.05 Å². The predicted octanol–water partition coefficient (Wildman–Crippen LogP) is 2.23. The molecule has 1 heterocycles. The minimum atomic E-state index is -0.226. The molecule has 2 rings (SSSR count). The summed E-state index contributed by atoms with van der Waals surface area (Å²) in [6.07, 6.45) is 0.552. The molecule has 0 unspecified atom stereocenters. The lowest BCUT2D eigenvalue weighted by Crippen LogP contribution is -2.10. The number of hydrogen-bond donors (Lipinski definition) is 1. The Labute approximate surface area is 106 Å². The fraction of sp³-hybridized carbons (Fsp3) is 0.286. The van der Waals surface area contributed by atoms with E-state index in [1.54, 1.807) is 6.07 Å². The number of benzene rings is 1. The van der Waals surface area contributed by atoms with Gasteiger partial charge in [-0.05, 0) is 37.7 Å². The summed E-state index contributed by atoms with van der Waals surface area (Å²) in [4.78, 5) is 8.83. The van der Waals surface area contributed by atoms with Gasteiger partial charge in [0, 0.05) is 18.7 Å². The van der Waals surface area contributed by atoms with E-state index in [0.29, 0.717) is 13.0 Å². The highest BCUT2D eigenvalue weighted by molar-refractivity contribution is 5.21. The molecule has 0 fully saturated rings. The number of hydrogen-bond acceptors (Lipinski definition) is 3. The van der Waals surface area contributed by atoms with Crippen LogP contribution in [0.25, 0.3) is 0 Å². The van der Waals surface area contributed by atoms with Gasteiger partial charge in [0.2, 0.25) is 0 Å². The van der Waals surface area contributed by atoms with Gasteiger partial charge in [-0.25, -0.2) is 14.4 Å². The van der Waals surface area contributed by atoms with Gasteiger partial charge in [-0.1, -0.05) is 12.1 Å². The molecule has 0 spiro atoms. The molecular weight excluding hydrogens is 229 g/mol. The molecule has 18 heavy (non-hydrogen) atoms. The Morgan fingerprint density at radius 1 is 1.22 bits per heavy atom. The van der Waals surface area contributed by atoms with Gasteiger partial charge in [-0.2, -0.15) is 0 Å². The van der Waals surface area contributed by atoms with Gasteiger partial charge in [0.05, 0.1) is 5.69 Å². The largest absolute Gasteiger partial charge is 0.314 e. The first kappa shape index (κ1) is 12.6. The van der Waals surface area contributed by atoms with E-state index < -0.39 is 0 Å². The van der Waals surface area contributed by atoms with E-state index >= 15 is 0 Å². The number of nitrogens with zero attached hydrogens (tertiary/aromatic N) is 2. The number of nitrogens with one attached hydrogen (secondary N) is 1. The Morgan fingerprint density at radius 3 is 2.78 bits per heavy atom. The van der Waals surface area contributed by atoms with E-state index in [0.717, 1.165) is 22.8 Å². The quantitative estimate of drug-likeness (QED) is 0.897. The van der Waals surface area contributed by atoms with Crippen LogP contribution in [-0.2, 0) is 13.0 Å². The Bertz CT molecular complexity index is 540. The summed E-state index contributed by atoms with van der Waals surface area (Å²) in [5.41, 5.74) is 2.77. The van der Waals surface area contributed by atoms with E-state index in [1.807, 2.05) is 26.1 Å². The van der Waals surface area contributed by atoms with E-state index in [2.05, 4.69) is 15.3 Å². The third-order valence-corrected chi connectivity index (χ3v) is 2.56. The Hall–Kier alpha value is -1.81. The van der Waals surface area contributed by atoms with Crippen molar-refractivity contribution >= 4 is 0 Å². The number of aryl methyl sites for hydroxylation is 1. The van der Waals surface area contributed by atoms with Gasteiger partial charge in [0.15, 0.2) is 0 Å². The molecular formula is C14H16FN3. The standard InChI is InChI=1S/C14H16FN3/c1-10-6-13(9-16-2)18-14(17-10)8-11-4-3-5-12(15)7-11/h3-7,16H,8-9H2,1-2H3. The molecule has 1 N–H and O–H groups in total. The molecule has 1 aromatic heterocycles. The van der Waals surface area contributed by atoms with Crippen molar-refractivity contribution in [3.63, 3.8) is 0 Å². The average Bonchev–Trinajstić information content (AvgIpc) is 2.28. The highest BCUT2D eigenvalue weighted by Crippen LogP contribution is 2.09. The second-order valence-corrected chi connectivity index (χ2v) is 4.25. The number of aromatic nitrogens is 2. The van der Waals surface area contributed by atoms with Gasteiger partial charge in [-0.15, -0.1) is 0 Å². The second kappa shape index (κ2) is 5.69. The molecule has 0 amide bonds. The molecule has 0 aliphatic carbocycles. The lowest BCUT2D eigenvalue weighted by atomic mass is 10.1. The van der Waals surface area contributed by atoms with Crippen molar-refractivity contribution in [2.24, 2.45) is 0 Å². The predicted molar refractivity (Wildman–Crippen MR) is 68.7 cm³/mol. The van der Waals surface area contributed by atoms with Crippen molar-refractivity contribution in [3.8, 4) is 0 Å². The number of rotatable bonds is 4. The summed E-state index contributed by atoms with van der Waals surface area (Å²) in [6.45, 7) is 2.65. The van der Waals surface area contributed by atoms with Crippen LogP contribution in [0.1, 0.15) is 22.8 Å². The van der Waals surface area contributed by atoms with E-state index in [4.69, 9.17) is 0 Å². The molecule has 0 bridgehead atoms. The fourth-order valence-corrected chi connectivity index (χ4v) is 1.88. The molecule has 94 valence electrons. The zero-order valence-corrected chi connectivity index (χ0v) is 10.6. The van der Waals surface area contributed by atoms with Gasteiger partial charge >= 0.3 is 0 Å². The van der Waals surface area contributed by atoms with Crippen molar-refractivity contribution in [2.45, 2.75) is 19.9 Å². The smallest absolute Gasteiger partial charge is 0.133 e. The van der Waals surface area contributed by atoms with Crippen LogP contribution in [0.15, 0.2) is 30.3 Å². The summed E-state index contributed by atoms with van der Waals surface area (Å²) in [7, 11) is 1.88. The molecule has 0 atom stereocenters. The highest BCUT2D eigenvalue weighted by Gasteiger charge is 2.04. The number of halogens is 1. The zero-order valence-electron chi connectivity index (χ0n) is 10.6. The molecule has 3 nitrogen and oxygen atoms in total. The summed E-state index contributed by atoms with van der Waals surface area (Å²) in [6, 6.07) is 8.49. The van der Waals surface area contributed by atoms with Crippen molar-refractivity contribution < 1.29 is 4.39 Å². The Kier molecular flexibility index (Phi) is 3.99. The first-order chi connectivity index (χ1) is 8.67. The first-order valence-corrected chi connectivity index (χ1v) is 5.90. The topological polar surface area (TPSA) is 37.8 Å². The van der Waals surface area contributed by atoms with E-state index in [1.165, 1.54) is 12.1 Å². The molecule has 1 aromatic carbocycles. The van der Waals surface area contributed by atoms with Crippen LogP contribution in [0.2, 0.25) is 0 Å². The molecule has 0 saturated heterocycles. The van der Waals surface area contributed by atoms with Gasteiger partial charge < -0.3 is 5.32 Å². The first-order valence-electron chi connectivity index (χ1n) is 5.90. The minimum absolute atomic E-state index is 0.226. The van der Waals surface area contributed by atoms with Gasteiger partial charge in [0.1, 0.15) is 11.6 Å². The van der Waals surface area contributed by atoms with Crippen LogP contribution in [0.3, 0.4) is 0 Å². The molecule has 0 radical (unpaired) electrons. The third kappa shape index (κ3) is 3.34. The molecule has 2 aromatic rings. The fourth-order valence-electron chi connectivity index (χ4n) is 1.88. The van der Waals surface area contributed by atoms with Crippen molar-refractivity contribution in [1.29, 1.82) is 0 Å². The maximum Gasteiger partial charge on any atom is 0.133 e. The lowest BCUT2D eigenvalue weighted by molar-refractivity contribution is 0.625. The maximum atomic E-state index is 13.1. The zero-order chi connectivity index (χ0) is 13.0. The Morgan fingerprint density at radius 2 is 2.06 bits per heavy atom.